The van der Waals surface area contributed by atoms with E-state index < -0.39 is 10.9 Å². The number of carbonyl (C=O) groups excluding carboxylic acids is 1. The van der Waals surface area contributed by atoms with Gasteiger partial charge in [-0.15, -0.1) is 0 Å². The molecule has 9 heteroatoms. The molecule has 1 aliphatic carbocycles. The van der Waals surface area contributed by atoms with Gasteiger partial charge >= 0.3 is 0 Å². The Bertz CT molecular complexity index is 1220. The fourth-order valence-electron chi connectivity index (χ4n) is 4.04. The standard InChI is InChI=1S/C24H28ClN3O4S/c1-3-4-5-12-28(33(30)31)14-20-18(15-6-7-15)13-19-21(23(29)26-2)22(32-24(19)27-20)16-8-10-17(25)11-9-16/h8-11,13,15,33H,3-7,12,14H2,1-2H3,(H,26,29). The van der Waals surface area contributed by atoms with Gasteiger partial charge in [-0.3, -0.25) is 4.79 Å². The van der Waals surface area contributed by atoms with Gasteiger partial charge in [0, 0.05) is 24.2 Å². The molecule has 0 saturated heterocycles. The summed E-state index contributed by atoms with van der Waals surface area (Å²) < 4.78 is 31.4. The van der Waals surface area contributed by atoms with E-state index >= 15 is 0 Å². The van der Waals surface area contributed by atoms with Gasteiger partial charge in [0.2, 0.25) is 16.6 Å². The first-order valence-electron chi connectivity index (χ1n) is 11.3. The summed E-state index contributed by atoms with van der Waals surface area (Å²) in [7, 11) is -1.15. The van der Waals surface area contributed by atoms with Crippen molar-refractivity contribution in [3.63, 3.8) is 0 Å². The van der Waals surface area contributed by atoms with Crippen LogP contribution in [0.4, 0.5) is 0 Å². The normalized spacial score (nSPS) is 13.8. The van der Waals surface area contributed by atoms with Crippen LogP contribution in [0.5, 0.6) is 0 Å². The molecule has 2 aromatic heterocycles. The number of nitrogens with one attached hydrogen (secondary N) is 1. The number of carbonyl (C=O) groups is 1. The lowest BCUT2D eigenvalue weighted by Crippen LogP contribution is -2.24. The van der Waals surface area contributed by atoms with Crippen molar-refractivity contribution in [3.05, 3.63) is 52.2 Å². The second-order valence-electron chi connectivity index (χ2n) is 8.38. The predicted octanol–water partition coefficient (Wildman–Crippen LogP) is 4.90. The Labute approximate surface area is 200 Å². The first kappa shape index (κ1) is 23.7. The van der Waals surface area contributed by atoms with E-state index in [0.29, 0.717) is 51.2 Å². The third-order valence-electron chi connectivity index (χ3n) is 5.96. The minimum Gasteiger partial charge on any atom is -0.437 e. The number of unbranched alkanes of at least 4 members (excludes halogenated alkanes) is 2. The zero-order valence-corrected chi connectivity index (χ0v) is 20.4. The van der Waals surface area contributed by atoms with Gasteiger partial charge < -0.3 is 9.73 Å². The van der Waals surface area contributed by atoms with E-state index in [1.54, 1.807) is 31.3 Å². The number of fused-ring (bicyclic) bond motifs is 1. The second kappa shape index (κ2) is 10.2. The van der Waals surface area contributed by atoms with Crippen molar-refractivity contribution in [2.75, 3.05) is 13.6 Å². The van der Waals surface area contributed by atoms with Gasteiger partial charge in [-0.1, -0.05) is 31.4 Å². The van der Waals surface area contributed by atoms with Crippen LogP contribution in [0.15, 0.2) is 34.7 Å². The minimum absolute atomic E-state index is 0.205. The molecule has 2 heterocycles. The second-order valence-corrected chi connectivity index (χ2v) is 9.85. The summed E-state index contributed by atoms with van der Waals surface area (Å²) in [6.07, 6.45) is 4.85. The number of rotatable bonds is 10. The number of furan rings is 1. The lowest BCUT2D eigenvalue weighted by atomic mass is 10.0. The zero-order chi connectivity index (χ0) is 23.5. The van der Waals surface area contributed by atoms with E-state index in [9.17, 15) is 13.2 Å². The summed E-state index contributed by atoms with van der Waals surface area (Å²) in [6, 6.07) is 9.04. The van der Waals surface area contributed by atoms with Crippen molar-refractivity contribution < 1.29 is 17.6 Å². The molecule has 1 saturated carbocycles. The number of aromatic nitrogens is 1. The summed E-state index contributed by atoms with van der Waals surface area (Å²) in [6.45, 7) is 2.76. The van der Waals surface area contributed by atoms with Crippen LogP contribution in [0, 0.1) is 0 Å². The smallest absolute Gasteiger partial charge is 0.255 e. The molecular formula is C24H28ClN3O4S. The third kappa shape index (κ3) is 5.23. The number of halogens is 1. The lowest BCUT2D eigenvalue weighted by Gasteiger charge is -2.17. The molecule has 1 amide bonds. The highest BCUT2D eigenvalue weighted by Gasteiger charge is 2.31. The number of benzene rings is 1. The fraction of sp³-hybridized carbons (Fsp3) is 0.417. The van der Waals surface area contributed by atoms with Crippen molar-refractivity contribution >= 4 is 39.5 Å². The molecular weight excluding hydrogens is 462 g/mol. The quantitative estimate of drug-likeness (QED) is 0.312. The van der Waals surface area contributed by atoms with Crippen LogP contribution in [0.1, 0.15) is 66.6 Å². The molecule has 0 bridgehead atoms. The molecule has 0 atom stereocenters. The SMILES string of the molecule is CCCCCN(Cc1nc2oc(-c3ccc(Cl)cc3)c(C(=O)NC)c2cc1C1CC1)[SH](=O)=O. The molecule has 0 unspecified atom stereocenters. The van der Waals surface area contributed by atoms with Gasteiger partial charge in [0.15, 0.2) is 0 Å². The van der Waals surface area contributed by atoms with Crippen LogP contribution in [0.25, 0.3) is 22.4 Å². The summed E-state index contributed by atoms with van der Waals surface area (Å²) in [5.74, 6) is 0.478. The highest BCUT2D eigenvalue weighted by atomic mass is 35.5. The topological polar surface area (TPSA) is 92.5 Å². The Hall–Kier alpha value is -2.42. The molecule has 7 nitrogen and oxygen atoms in total. The van der Waals surface area contributed by atoms with E-state index in [0.717, 1.165) is 37.7 Å². The summed E-state index contributed by atoms with van der Waals surface area (Å²) in [5, 5.41) is 3.91. The molecule has 0 spiro atoms. The van der Waals surface area contributed by atoms with Gasteiger partial charge in [-0.25, -0.2) is 13.4 Å². The lowest BCUT2D eigenvalue weighted by molar-refractivity contribution is 0.0964. The number of thiol groups is 1. The van der Waals surface area contributed by atoms with Crippen molar-refractivity contribution in [1.29, 1.82) is 0 Å². The average molecular weight is 490 g/mol. The number of amides is 1. The highest BCUT2D eigenvalue weighted by Crippen LogP contribution is 2.44. The molecule has 3 aromatic rings. The van der Waals surface area contributed by atoms with Crippen molar-refractivity contribution in [1.82, 2.24) is 14.6 Å². The number of hydrogen-bond donors (Lipinski definition) is 2. The predicted molar refractivity (Wildman–Crippen MR) is 130 cm³/mol. The number of pyridine rings is 1. The Morgan fingerprint density at radius 2 is 1.97 bits per heavy atom. The minimum atomic E-state index is -2.73. The molecule has 1 aliphatic rings. The molecule has 4 rings (SSSR count). The largest absolute Gasteiger partial charge is 0.437 e. The van der Waals surface area contributed by atoms with E-state index in [-0.39, 0.29) is 12.5 Å². The fourth-order valence-corrected chi connectivity index (χ4v) is 4.72. The molecule has 1 fully saturated rings. The summed E-state index contributed by atoms with van der Waals surface area (Å²) in [5.41, 5.74) is 3.15. The van der Waals surface area contributed by atoms with Crippen molar-refractivity contribution in [3.8, 4) is 11.3 Å². The van der Waals surface area contributed by atoms with Crippen LogP contribution in [-0.4, -0.2) is 37.2 Å². The van der Waals surface area contributed by atoms with Crippen molar-refractivity contribution in [2.45, 2.75) is 51.5 Å². The number of hydrogen-bond acceptors (Lipinski definition) is 5. The van der Waals surface area contributed by atoms with E-state index in [2.05, 4.69) is 12.2 Å². The average Bonchev–Trinajstić information content (AvgIpc) is 3.58. The van der Waals surface area contributed by atoms with E-state index in [4.69, 9.17) is 21.0 Å². The summed E-state index contributed by atoms with van der Waals surface area (Å²) >= 11 is 6.03. The van der Waals surface area contributed by atoms with Crippen LogP contribution >= 0.6 is 11.6 Å². The van der Waals surface area contributed by atoms with E-state index in [1.807, 2.05) is 6.07 Å². The zero-order valence-electron chi connectivity index (χ0n) is 18.8. The van der Waals surface area contributed by atoms with Crippen LogP contribution < -0.4 is 5.32 Å². The molecule has 1 N–H and O–H groups in total. The first-order chi connectivity index (χ1) is 15.9. The van der Waals surface area contributed by atoms with E-state index in [1.165, 1.54) is 4.31 Å². The van der Waals surface area contributed by atoms with Gasteiger partial charge in [0.05, 0.1) is 23.2 Å². The maximum absolute atomic E-state index is 12.8. The van der Waals surface area contributed by atoms with Crippen LogP contribution in [-0.2, 0) is 17.4 Å². The van der Waals surface area contributed by atoms with Crippen LogP contribution in [0.2, 0.25) is 5.02 Å². The highest BCUT2D eigenvalue weighted by molar-refractivity contribution is 7.69. The Kier molecular flexibility index (Phi) is 7.36. The van der Waals surface area contributed by atoms with Crippen LogP contribution in [0.3, 0.4) is 0 Å². The summed E-state index contributed by atoms with van der Waals surface area (Å²) in [4.78, 5) is 17.6. The molecule has 33 heavy (non-hydrogen) atoms. The molecule has 176 valence electrons. The number of nitrogens with zero attached hydrogens (tertiary/aromatic N) is 2. The molecule has 1 aromatic carbocycles. The van der Waals surface area contributed by atoms with Gasteiger partial charge in [-0.05, 0) is 61.1 Å². The maximum atomic E-state index is 12.8. The first-order valence-corrected chi connectivity index (χ1v) is 12.8. The van der Waals surface area contributed by atoms with Gasteiger partial charge in [0.25, 0.3) is 5.91 Å². The Balaban J connectivity index is 1.82. The Morgan fingerprint density at radius 3 is 2.58 bits per heavy atom. The third-order valence-corrected chi connectivity index (χ3v) is 7.01. The Morgan fingerprint density at radius 1 is 1.24 bits per heavy atom. The maximum Gasteiger partial charge on any atom is 0.255 e. The van der Waals surface area contributed by atoms with Crippen molar-refractivity contribution in [2.24, 2.45) is 0 Å². The van der Waals surface area contributed by atoms with Gasteiger partial charge in [-0.2, -0.15) is 4.31 Å². The molecule has 0 aliphatic heterocycles. The monoisotopic (exact) mass is 489 g/mol. The van der Waals surface area contributed by atoms with Gasteiger partial charge in [0.1, 0.15) is 5.76 Å². The molecule has 0 radical (unpaired) electrons.